The van der Waals surface area contributed by atoms with Crippen molar-refractivity contribution in [2.45, 2.75) is 59.5 Å². The first kappa shape index (κ1) is 12.6. The van der Waals surface area contributed by atoms with E-state index in [0.717, 1.165) is 18.8 Å². The molecule has 0 amide bonds. The van der Waals surface area contributed by atoms with Crippen LogP contribution in [0.25, 0.3) is 0 Å². The van der Waals surface area contributed by atoms with Gasteiger partial charge in [-0.15, -0.1) is 0 Å². The molecule has 1 aromatic rings. The Kier molecular flexibility index (Phi) is 3.87. The average molecular weight is 235 g/mol. The molecule has 1 fully saturated rings. The van der Waals surface area contributed by atoms with E-state index in [9.17, 15) is 0 Å². The molecule has 1 aliphatic rings. The van der Waals surface area contributed by atoms with Crippen LogP contribution in [0.3, 0.4) is 0 Å². The Morgan fingerprint density at radius 1 is 1.41 bits per heavy atom. The lowest BCUT2D eigenvalue weighted by Crippen LogP contribution is -2.24. The van der Waals surface area contributed by atoms with Crippen LogP contribution >= 0.6 is 0 Å². The van der Waals surface area contributed by atoms with Crippen LogP contribution in [0.15, 0.2) is 6.07 Å². The van der Waals surface area contributed by atoms with Crippen LogP contribution in [0, 0.1) is 12.3 Å². The van der Waals surface area contributed by atoms with Gasteiger partial charge in [0.25, 0.3) is 0 Å². The molecule has 3 heteroatoms. The Morgan fingerprint density at radius 2 is 2.18 bits per heavy atom. The summed E-state index contributed by atoms with van der Waals surface area (Å²) in [5, 5.41) is 8.09. The third-order valence-corrected chi connectivity index (χ3v) is 3.83. The molecule has 1 aliphatic carbocycles. The summed E-state index contributed by atoms with van der Waals surface area (Å²) in [6.07, 6.45) is 5.53. The lowest BCUT2D eigenvalue weighted by atomic mass is 10.0. The zero-order valence-corrected chi connectivity index (χ0v) is 11.4. The minimum Gasteiger partial charge on any atom is -0.311 e. The molecule has 0 aliphatic heterocycles. The largest absolute Gasteiger partial charge is 0.311 e. The summed E-state index contributed by atoms with van der Waals surface area (Å²) in [6, 6.07) is 2.19. The van der Waals surface area contributed by atoms with Crippen molar-refractivity contribution in [1.29, 1.82) is 0 Å². The van der Waals surface area contributed by atoms with Gasteiger partial charge in [0.15, 0.2) is 0 Å². The molecular formula is C14H25N3. The van der Waals surface area contributed by atoms with E-state index in [0.29, 0.717) is 5.41 Å². The van der Waals surface area contributed by atoms with Crippen molar-refractivity contribution in [3.05, 3.63) is 17.5 Å². The molecule has 1 saturated carbocycles. The highest BCUT2D eigenvalue weighted by Gasteiger charge is 2.40. The van der Waals surface area contributed by atoms with Gasteiger partial charge in [0.2, 0.25) is 0 Å². The molecule has 0 aromatic carbocycles. The Balaban J connectivity index is 1.81. The first-order valence-corrected chi connectivity index (χ1v) is 6.93. The van der Waals surface area contributed by atoms with E-state index in [1.807, 2.05) is 0 Å². The van der Waals surface area contributed by atoms with Gasteiger partial charge >= 0.3 is 0 Å². The number of nitrogens with one attached hydrogen (secondary N) is 1. The maximum Gasteiger partial charge on any atom is 0.0597 e. The van der Waals surface area contributed by atoms with Gasteiger partial charge in [-0.05, 0) is 44.6 Å². The molecule has 0 radical (unpaired) electrons. The SMILES string of the molecule is CCCC1(CNCc2cc(C)nn2CC)CC1. The predicted molar refractivity (Wildman–Crippen MR) is 70.9 cm³/mol. The molecular weight excluding hydrogens is 210 g/mol. The minimum atomic E-state index is 0.640. The summed E-state index contributed by atoms with van der Waals surface area (Å²) in [5.41, 5.74) is 3.08. The van der Waals surface area contributed by atoms with Gasteiger partial charge in [0, 0.05) is 19.6 Å². The van der Waals surface area contributed by atoms with Crippen molar-refractivity contribution in [3.8, 4) is 0 Å². The number of hydrogen-bond acceptors (Lipinski definition) is 2. The highest BCUT2D eigenvalue weighted by Crippen LogP contribution is 2.48. The van der Waals surface area contributed by atoms with Crippen molar-refractivity contribution < 1.29 is 0 Å². The zero-order valence-electron chi connectivity index (χ0n) is 11.4. The maximum absolute atomic E-state index is 4.47. The van der Waals surface area contributed by atoms with E-state index in [2.05, 4.69) is 41.9 Å². The van der Waals surface area contributed by atoms with E-state index in [4.69, 9.17) is 0 Å². The Labute approximate surface area is 105 Å². The number of nitrogens with zero attached hydrogens (tertiary/aromatic N) is 2. The van der Waals surface area contributed by atoms with Gasteiger partial charge in [-0.3, -0.25) is 4.68 Å². The van der Waals surface area contributed by atoms with Crippen molar-refractivity contribution in [2.75, 3.05) is 6.54 Å². The van der Waals surface area contributed by atoms with Crippen LogP contribution < -0.4 is 5.32 Å². The summed E-state index contributed by atoms with van der Waals surface area (Å²) in [5.74, 6) is 0. The van der Waals surface area contributed by atoms with Crippen LogP contribution in [-0.2, 0) is 13.1 Å². The second-order valence-corrected chi connectivity index (χ2v) is 5.45. The Hall–Kier alpha value is -0.830. The molecule has 17 heavy (non-hydrogen) atoms. The van der Waals surface area contributed by atoms with Gasteiger partial charge < -0.3 is 5.32 Å². The van der Waals surface area contributed by atoms with Crippen LogP contribution in [0.1, 0.15) is 50.9 Å². The Morgan fingerprint density at radius 3 is 2.76 bits per heavy atom. The number of hydrogen-bond donors (Lipinski definition) is 1. The first-order chi connectivity index (χ1) is 8.19. The standard InChI is InChI=1S/C14H25N3/c1-4-6-14(7-8-14)11-15-10-13-9-12(3)16-17(13)5-2/h9,15H,4-8,10-11H2,1-3H3. The van der Waals surface area contributed by atoms with Crippen LogP contribution in [0.2, 0.25) is 0 Å². The zero-order chi connectivity index (χ0) is 12.3. The second kappa shape index (κ2) is 5.21. The summed E-state index contributed by atoms with van der Waals surface area (Å²) in [7, 11) is 0. The third-order valence-electron chi connectivity index (χ3n) is 3.83. The van der Waals surface area contributed by atoms with E-state index in [1.54, 1.807) is 0 Å². The molecule has 0 spiro atoms. The maximum atomic E-state index is 4.47. The van der Waals surface area contributed by atoms with E-state index in [-0.39, 0.29) is 0 Å². The topological polar surface area (TPSA) is 29.9 Å². The van der Waals surface area contributed by atoms with Crippen molar-refractivity contribution in [1.82, 2.24) is 15.1 Å². The van der Waals surface area contributed by atoms with E-state index < -0.39 is 0 Å². The highest BCUT2D eigenvalue weighted by atomic mass is 15.3. The van der Waals surface area contributed by atoms with Gasteiger partial charge in [0.1, 0.15) is 0 Å². The van der Waals surface area contributed by atoms with Crippen LogP contribution in [-0.4, -0.2) is 16.3 Å². The number of aryl methyl sites for hydroxylation is 2. The van der Waals surface area contributed by atoms with E-state index >= 15 is 0 Å². The molecule has 1 N–H and O–H groups in total. The minimum absolute atomic E-state index is 0.640. The fraction of sp³-hybridized carbons (Fsp3) is 0.786. The fourth-order valence-electron chi connectivity index (χ4n) is 2.69. The summed E-state index contributed by atoms with van der Waals surface area (Å²) >= 11 is 0. The molecule has 0 atom stereocenters. The second-order valence-electron chi connectivity index (χ2n) is 5.45. The smallest absolute Gasteiger partial charge is 0.0597 e. The van der Waals surface area contributed by atoms with Crippen LogP contribution in [0.4, 0.5) is 0 Å². The predicted octanol–water partition coefficient (Wildman–Crippen LogP) is 2.88. The molecule has 0 unspecified atom stereocenters. The van der Waals surface area contributed by atoms with Gasteiger partial charge in [-0.1, -0.05) is 13.3 Å². The molecule has 0 saturated heterocycles. The molecule has 1 heterocycles. The van der Waals surface area contributed by atoms with Crippen molar-refractivity contribution in [2.24, 2.45) is 5.41 Å². The summed E-state index contributed by atoms with van der Waals surface area (Å²) in [6.45, 7) is 9.60. The highest BCUT2D eigenvalue weighted by molar-refractivity contribution is 5.09. The molecule has 1 aromatic heterocycles. The summed E-state index contributed by atoms with van der Waals surface area (Å²) in [4.78, 5) is 0. The lowest BCUT2D eigenvalue weighted by Gasteiger charge is -2.15. The van der Waals surface area contributed by atoms with Crippen LogP contribution in [0.5, 0.6) is 0 Å². The number of aromatic nitrogens is 2. The monoisotopic (exact) mass is 235 g/mol. The lowest BCUT2D eigenvalue weighted by molar-refractivity contribution is 0.415. The third kappa shape index (κ3) is 3.09. The van der Waals surface area contributed by atoms with Crippen molar-refractivity contribution in [3.63, 3.8) is 0 Å². The van der Waals surface area contributed by atoms with Crippen molar-refractivity contribution >= 4 is 0 Å². The first-order valence-electron chi connectivity index (χ1n) is 6.93. The quantitative estimate of drug-likeness (QED) is 0.787. The van der Waals surface area contributed by atoms with E-state index in [1.165, 1.54) is 37.9 Å². The molecule has 3 nitrogen and oxygen atoms in total. The summed E-state index contributed by atoms with van der Waals surface area (Å²) < 4.78 is 2.10. The average Bonchev–Trinajstić information content (AvgIpc) is 2.96. The van der Waals surface area contributed by atoms with Gasteiger partial charge in [-0.2, -0.15) is 5.10 Å². The Bertz CT molecular complexity index is 364. The molecule has 96 valence electrons. The van der Waals surface area contributed by atoms with Gasteiger partial charge in [0.05, 0.1) is 11.4 Å². The molecule has 2 rings (SSSR count). The normalized spacial score (nSPS) is 17.4. The molecule has 0 bridgehead atoms. The number of rotatable bonds is 7. The fourth-order valence-corrected chi connectivity index (χ4v) is 2.69. The van der Waals surface area contributed by atoms with Gasteiger partial charge in [-0.25, -0.2) is 0 Å².